The molecular formula is C18H21NO3. The van der Waals surface area contributed by atoms with Crippen LogP contribution < -0.4 is 14.4 Å². The molecule has 2 rings (SSSR count). The first-order valence-electron chi connectivity index (χ1n) is 7.24. The summed E-state index contributed by atoms with van der Waals surface area (Å²) in [6.07, 6.45) is 0. The number of methoxy groups -OCH3 is 2. The molecule has 0 aromatic heterocycles. The number of anilines is 1. The number of hydrogen-bond acceptors (Lipinski definition) is 4. The SMILES string of the molecule is CCN(CC(=O)c1ccccc1)c1cc(OC)ccc1OC. The van der Waals surface area contributed by atoms with E-state index in [9.17, 15) is 4.79 Å². The molecule has 22 heavy (non-hydrogen) atoms. The Morgan fingerprint density at radius 1 is 1.05 bits per heavy atom. The lowest BCUT2D eigenvalue weighted by Gasteiger charge is -2.24. The van der Waals surface area contributed by atoms with Crippen molar-refractivity contribution in [2.45, 2.75) is 6.92 Å². The highest BCUT2D eigenvalue weighted by molar-refractivity contribution is 5.99. The number of hydrogen-bond donors (Lipinski definition) is 0. The first-order valence-corrected chi connectivity index (χ1v) is 7.24. The topological polar surface area (TPSA) is 38.8 Å². The fourth-order valence-corrected chi connectivity index (χ4v) is 2.30. The Labute approximate surface area is 131 Å². The van der Waals surface area contributed by atoms with Crippen molar-refractivity contribution >= 4 is 11.5 Å². The smallest absolute Gasteiger partial charge is 0.182 e. The van der Waals surface area contributed by atoms with Gasteiger partial charge in [0.05, 0.1) is 26.5 Å². The molecule has 0 saturated carbocycles. The fraction of sp³-hybridized carbons (Fsp3) is 0.278. The van der Waals surface area contributed by atoms with Crippen molar-refractivity contribution in [1.82, 2.24) is 0 Å². The number of nitrogens with zero attached hydrogens (tertiary/aromatic N) is 1. The minimum Gasteiger partial charge on any atom is -0.497 e. The first kappa shape index (κ1) is 15.9. The minimum atomic E-state index is 0.0762. The first-order chi connectivity index (χ1) is 10.7. The van der Waals surface area contributed by atoms with E-state index < -0.39 is 0 Å². The number of carbonyl (C=O) groups is 1. The van der Waals surface area contributed by atoms with Gasteiger partial charge in [-0.2, -0.15) is 0 Å². The third-order valence-electron chi connectivity index (χ3n) is 3.54. The fourth-order valence-electron chi connectivity index (χ4n) is 2.30. The monoisotopic (exact) mass is 299 g/mol. The molecule has 0 unspecified atom stereocenters. The molecule has 4 nitrogen and oxygen atoms in total. The summed E-state index contributed by atoms with van der Waals surface area (Å²) in [5.41, 5.74) is 1.57. The summed E-state index contributed by atoms with van der Waals surface area (Å²) >= 11 is 0. The van der Waals surface area contributed by atoms with Crippen LogP contribution in [0.3, 0.4) is 0 Å². The van der Waals surface area contributed by atoms with Crippen LogP contribution in [-0.2, 0) is 0 Å². The second kappa shape index (κ2) is 7.50. The van der Waals surface area contributed by atoms with Gasteiger partial charge in [0.15, 0.2) is 5.78 Å². The minimum absolute atomic E-state index is 0.0762. The number of likely N-dealkylation sites (N-methyl/N-ethyl adjacent to an activating group) is 1. The van der Waals surface area contributed by atoms with Crippen LogP contribution in [0.25, 0.3) is 0 Å². The van der Waals surface area contributed by atoms with E-state index in [-0.39, 0.29) is 5.78 Å². The molecule has 0 heterocycles. The zero-order valence-electron chi connectivity index (χ0n) is 13.2. The molecule has 0 aliphatic heterocycles. The van der Waals surface area contributed by atoms with Gasteiger partial charge in [-0.15, -0.1) is 0 Å². The van der Waals surface area contributed by atoms with E-state index in [4.69, 9.17) is 9.47 Å². The molecule has 0 fully saturated rings. The lowest BCUT2D eigenvalue weighted by Crippen LogP contribution is -2.30. The Kier molecular flexibility index (Phi) is 5.42. The number of Topliss-reactive ketones (excluding diaryl/α,β-unsaturated/α-hetero) is 1. The molecule has 0 atom stereocenters. The van der Waals surface area contributed by atoms with E-state index in [1.54, 1.807) is 14.2 Å². The van der Waals surface area contributed by atoms with Crippen molar-refractivity contribution in [3.63, 3.8) is 0 Å². The van der Waals surface area contributed by atoms with Crippen LogP contribution in [0.2, 0.25) is 0 Å². The number of ether oxygens (including phenoxy) is 2. The summed E-state index contributed by atoms with van der Waals surface area (Å²) in [4.78, 5) is 14.4. The van der Waals surface area contributed by atoms with E-state index in [1.165, 1.54) is 0 Å². The largest absolute Gasteiger partial charge is 0.497 e. The van der Waals surface area contributed by atoms with Crippen LogP contribution >= 0.6 is 0 Å². The third-order valence-corrected chi connectivity index (χ3v) is 3.54. The molecule has 4 heteroatoms. The van der Waals surface area contributed by atoms with Gasteiger partial charge in [0.25, 0.3) is 0 Å². The molecule has 0 saturated heterocycles. The number of rotatable bonds is 7. The Morgan fingerprint density at radius 3 is 2.36 bits per heavy atom. The van der Waals surface area contributed by atoms with E-state index in [0.717, 1.165) is 17.2 Å². The van der Waals surface area contributed by atoms with Crippen molar-refractivity contribution in [1.29, 1.82) is 0 Å². The molecule has 0 aliphatic carbocycles. The van der Waals surface area contributed by atoms with Gasteiger partial charge in [-0.3, -0.25) is 4.79 Å². The second-order valence-corrected chi connectivity index (χ2v) is 4.84. The molecule has 0 radical (unpaired) electrons. The van der Waals surface area contributed by atoms with E-state index >= 15 is 0 Å². The molecule has 0 spiro atoms. The zero-order chi connectivity index (χ0) is 15.9. The number of carbonyl (C=O) groups excluding carboxylic acids is 1. The lowest BCUT2D eigenvalue weighted by molar-refractivity contribution is 0.0999. The predicted molar refractivity (Wildman–Crippen MR) is 88.2 cm³/mol. The van der Waals surface area contributed by atoms with Gasteiger partial charge >= 0.3 is 0 Å². The Balaban J connectivity index is 2.26. The Hall–Kier alpha value is -2.49. The maximum Gasteiger partial charge on any atom is 0.182 e. The molecule has 0 aliphatic rings. The molecule has 2 aromatic carbocycles. The van der Waals surface area contributed by atoms with Crippen molar-refractivity contribution in [2.75, 3.05) is 32.2 Å². The lowest BCUT2D eigenvalue weighted by atomic mass is 10.1. The van der Waals surface area contributed by atoms with Crippen molar-refractivity contribution < 1.29 is 14.3 Å². The van der Waals surface area contributed by atoms with Crippen LogP contribution in [0, 0.1) is 0 Å². The third kappa shape index (κ3) is 3.58. The van der Waals surface area contributed by atoms with Crippen LogP contribution in [0.5, 0.6) is 11.5 Å². The van der Waals surface area contributed by atoms with Gasteiger partial charge in [-0.1, -0.05) is 30.3 Å². The summed E-state index contributed by atoms with van der Waals surface area (Å²) in [5.74, 6) is 1.54. The van der Waals surface area contributed by atoms with Crippen molar-refractivity contribution in [3.8, 4) is 11.5 Å². The molecule has 0 bridgehead atoms. The summed E-state index contributed by atoms with van der Waals surface area (Å²) in [6, 6.07) is 14.9. The van der Waals surface area contributed by atoms with E-state index in [0.29, 0.717) is 18.7 Å². The van der Waals surface area contributed by atoms with Crippen molar-refractivity contribution in [2.24, 2.45) is 0 Å². The van der Waals surface area contributed by atoms with Gasteiger partial charge < -0.3 is 14.4 Å². The van der Waals surface area contributed by atoms with Gasteiger partial charge in [0, 0.05) is 18.2 Å². The average molecular weight is 299 g/mol. The van der Waals surface area contributed by atoms with Crippen LogP contribution in [0.4, 0.5) is 5.69 Å². The maximum absolute atomic E-state index is 12.4. The van der Waals surface area contributed by atoms with Gasteiger partial charge in [0.2, 0.25) is 0 Å². The van der Waals surface area contributed by atoms with E-state index in [1.807, 2.05) is 60.4 Å². The highest BCUT2D eigenvalue weighted by Crippen LogP contribution is 2.32. The average Bonchev–Trinajstić information content (AvgIpc) is 2.59. The van der Waals surface area contributed by atoms with Crippen molar-refractivity contribution in [3.05, 3.63) is 54.1 Å². The van der Waals surface area contributed by atoms with Crippen LogP contribution in [0.15, 0.2) is 48.5 Å². The summed E-state index contributed by atoms with van der Waals surface area (Å²) in [5, 5.41) is 0. The standard InChI is InChI=1S/C18H21NO3/c1-4-19(13-17(20)14-8-6-5-7-9-14)16-12-15(21-2)10-11-18(16)22-3/h5-12H,4,13H2,1-3H3. The second-order valence-electron chi connectivity index (χ2n) is 4.84. The van der Waals surface area contributed by atoms with Gasteiger partial charge in [0.1, 0.15) is 11.5 Å². The zero-order valence-corrected chi connectivity index (χ0v) is 13.2. The van der Waals surface area contributed by atoms with Crippen LogP contribution in [-0.4, -0.2) is 33.1 Å². The summed E-state index contributed by atoms with van der Waals surface area (Å²) < 4.78 is 10.7. The summed E-state index contributed by atoms with van der Waals surface area (Å²) in [7, 11) is 3.25. The highest BCUT2D eigenvalue weighted by atomic mass is 16.5. The highest BCUT2D eigenvalue weighted by Gasteiger charge is 2.16. The summed E-state index contributed by atoms with van der Waals surface area (Å²) in [6.45, 7) is 3.00. The van der Waals surface area contributed by atoms with Gasteiger partial charge in [-0.25, -0.2) is 0 Å². The Bertz CT molecular complexity index is 625. The molecule has 2 aromatic rings. The molecule has 0 amide bonds. The maximum atomic E-state index is 12.4. The van der Waals surface area contributed by atoms with E-state index in [2.05, 4.69) is 0 Å². The Morgan fingerprint density at radius 2 is 1.77 bits per heavy atom. The molecular weight excluding hydrogens is 278 g/mol. The number of benzene rings is 2. The number of ketones is 1. The molecule has 116 valence electrons. The normalized spacial score (nSPS) is 10.1. The predicted octanol–water partition coefficient (Wildman–Crippen LogP) is 3.41. The molecule has 0 N–H and O–H groups in total. The quantitative estimate of drug-likeness (QED) is 0.734. The van der Waals surface area contributed by atoms with Crippen LogP contribution in [0.1, 0.15) is 17.3 Å². The van der Waals surface area contributed by atoms with Gasteiger partial charge in [-0.05, 0) is 19.1 Å².